The Morgan fingerprint density at radius 3 is 1.19 bits per heavy atom. The minimum absolute atomic E-state index is 0.00400. The van der Waals surface area contributed by atoms with Crippen molar-refractivity contribution in [3.05, 3.63) is 71.8 Å². The lowest BCUT2D eigenvalue weighted by molar-refractivity contribution is -0.144. The van der Waals surface area contributed by atoms with Crippen molar-refractivity contribution in [2.24, 2.45) is 47.0 Å². The number of carboxylic acid groups (broad SMARTS) is 1. The van der Waals surface area contributed by atoms with Crippen LogP contribution in [-0.2, 0) is 56.0 Å². The van der Waals surface area contributed by atoms with Crippen LogP contribution >= 0.6 is 0 Å². The number of hydrogen-bond acceptors (Lipinski definition) is 11. The molecule has 0 aliphatic heterocycles. The van der Waals surface area contributed by atoms with Gasteiger partial charge in [0.15, 0.2) is 0 Å². The van der Waals surface area contributed by atoms with Crippen molar-refractivity contribution in [1.82, 2.24) is 42.5 Å². The lowest BCUT2D eigenvalue weighted by Crippen LogP contribution is -2.62. The minimum Gasteiger partial charge on any atom is -0.480 e. The van der Waals surface area contributed by atoms with E-state index in [0.717, 1.165) is 0 Å². The fourth-order valence-electron chi connectivity index (χ4n) is 8.58. The Morgan fingerprint density at radius 2 is 0.795 bits per heavy atom. The number of rotatable bonds is 35. The predicted octanol–water partition coefficient (Wildman–Crippen LogP) is 3.39. The van der Waals surface area contributed by atoms with Gasteiger partial charge in [0.25, 0.3) is 0 Å². The molecule has 12 atom stereocenters. The van der Waals surface area contributed by atoms with Gasteiger partial charge >= 0.3 is 5.97 Å². The van der Waals surface area contributed by atoms with Gasteiger partial charge in [-0.25, -0.2) is 4.79 Å². The van der Waals surface area contributed by atoms with Crippen molar-refractivity contribution in [2.45, 2.75) is 195 Å². The summed E-state index contributed by atoms with van der Waals surface area (Å²) >= 11 is 0. The van der Waals surface area contributed by atoms with E-state index in [0.29, 0.717) is 49.8 Å². The zero-order valence-corrected chi connectivity index (χ0v) is 48.3. The molecule has 0 saturated heterocycles. The fourth-order valence-corrected chi connectivity index (χ4v) is 8.58. The summed E-state index contributed by atoms with van der Waals surface area (Å²) in [4.78, 5) is 125. The number of nitrogens with two attached hydrogens (primary N) is 2. The summed E-state index contributed by atoms with van der Waals surface area (Å²) in [6.07, 6.45) is 2.50. The zero-order valence-electron chi connectivity index (χ0n) is 48.3. The first-order chi connectivity index (χ1) is 36.8. The van der Waals surface area contributed by atoms with Crippen molar-refractivity contribution < 1.29 is 48.3 Å². The molecule has 0 bridgehead atoms. The second-order valence-electron chi connectivity index (χ2n) is 22.0. The van der Waals surface area contributed by atoms with Gasteiger partial charge in [-0.3, -0.25) is 38.4 Å². The highest BCUT2D eigenvalue weighted by Crippen LogP contribution is 2.17. The molecule has 0 heterocycles. The first kappa shape index (κ1) is 67.7. The summed E-state index contributed by atoms with van der Waals surface area (Å²) in [5.41, 5.74) is 13.3. The van der Waals surface area contributed by atoms with Gasteiger partial charge in [0.2, 0.25) is 47.3 Å². The van der Waals surface area contributed by atoms with Crippen molar-refractivity contribution in [1.29, 1.82) is 0 Å². The van der Waals surface area contributed by atoms with Crippen LogP contribution in [0.15, 0.2) is 60.7 Å². The van der Waals surface area contributed by atoms with Crippen LogP contribution in [-0.4, -0.2) is 119 Å². The largest absolute Gasteiger partial charge is 0.480 e. The quantitative estimate of drug-likeness (QED) is 0.0443. The van der Waals surface area contributed by atoms with Crippen molar-refractivity contribution in [2.75, 3.05) is 6.54 Å². The number of benzene rings is 2. The number of aliphatic carboxylic acids is 1. The number of unbranched alkanes of at least 4 members (excludes halogenated alkanes) is 1. The van der Waals surface area contributed by atoms with E-state index in [4.69, 9.17) is 11.5 Å². The van der Waals surface area contributed by atoms with E-state index in [9.17, 15) is 48.3 Å². The maximum atomic E-state index is 14.6. The molecule has 0 saturated carbocycles. The van der Waals surface area contributed by atoms with Crippen LogP contribution in [0.25, 0.3) is 0 Å². The topological polar surface area (TPSA) is 322 Å². The summed E-state index contributed by atoms with van der Waals surface area (Å²) in [6.45, 7) is 21.8. The molecule has 8 amide bonds. The molecule has 436 valence electrons. The monoisotopic (exact) mass is 1090 g/mol. The first-order valence-electron chi connectivity index (χ1n) is 28.0. The molecule has 0 radical (unpaired) electrons. The van der Waals surface area contributed by atoms with Crippen LogP contribution in [0.2, 0.25) is 0 Å². The standard InChI is InChI=1S/C58H94N10O10/c1-13-36(10)47(56(75)64-44(32-40-26-20-17-21-27-40)52(71)62-42(30-33(4)5)53(72)68-49(58(77)78)38(12)15-3)66-50(69)41(28-22-23-29-59)61-51(70)43(31-39-24-18-16-19-25-39)63-57(76)48(37(11)14-2)67-55(74)46(35(8)9)65-54(73)45(60)34(6)7/h16-21,24-27,33-38,41-49H,13-15,22-23,28-32,59-60H2,1-12H3,(H,61,70)(H,62,71)(H,63,76)(H,64,75)(H,65,73)(H,66,69)(H,67,74)(H,68,72)(H,77,78)/t36-,37-,38-,41-,42-,43-,44-,45-,46-,47-,48-,49-/m0/s1. The Hall–Kier alpha value is -6.41. The van der Waals surface area contributed by atoms with E-state index in [-0.39, 0.29) is 43.4 Å². The van der Waals surface area contributed by atoms with Crippen molar-refractivity contribution in [3.8, 4) is 0 Å². The molecule has 0 aliphatic rings. The van der Waals surface area contributed by atoms with Gasteiger partial charge in [0, 0.05) is 12.8 Å². The van der Waals surface area contributed by atoms with Gasteiger partial charge < -0.3 is 59.1 Å². The molecular formula is C58H94N10O10. The highest BCUT2D eigenvalue weighted by atomic mass is 16.4. The molecule has 0 aromatic heterocycles. The minimum atomic E-state index is -1.27. The summed E-state index contributed by atoms with van der Waals surface area (Å²) < 4.78 is 0. The number of hydrogen-bond donors (Lipinski definition) is 11. The maximum absolute atomic E-state index is 14.6. The van der Waals surface area contributed by atoms with Gasteiger partial charge in [0.05, 0.1) is 6.04 Å². The number of amides is 8. The average molecular weight is 1090 g/mol. The van der Waals surface area contributed by atoms with Crippen LogP contribution in [0.5, 0.6) is 0 Å². The molecule has 2 rings (SSSR count). The van der Waals surface area contributed by atoms with Crippen molar-refractivity contribution >= 4 is 53.2 Å². The Balaban J connectivity index is 2.55. The SMILES string of the molecule is CC[C@H](C)[C@H](NC(=O)[C@H](CC(C)C)NC(=O)[C@H](Cc1ccccc1)NC(=O)[C@@H](NC(=O)[C@H](CCCCN)NC(=O)[C@H](Cc1ccccc1)NC(=O)[C@@H](NC(=O)[C@@H](NC(=O)[C@@H](N)C(C)C)C(C)C)[C@@H](C)CC)[C@@H](C)CC)C(=O)O. The average Bonchev–Trinajstić information content (AvgIpc) is 3.40. The molecule has 2 aromatic rings. The highest BCUT2D eigenvalue weighted by molar-refractivity contribution is 5.98. The fraction of sp³-hybridized carbons (Fsp3) is 0.638. The molecule has 0 fully saturated rings. The van der Waals surface area contributed by atoms with Crippen LogP contribution in [0.3, 0.4) is 0 Å². The first-order valence-corrected chi connectivity index (χ1v) is 28.0. The van der Waals surface area contributed by atoms with Crippen LogP contribution in [0.1, 0.15) is 139 Å². The summed E-state index contributed by atoms with van der Waals surface area (Å²) in [6, 6.07) is 7.45. The van der Waals surface area contributed by atoms with Gasteiger partial charge in [-0.05, 0) is 78.9 Å². The zero-order chi connectivity index (χ0) is 58.8. The van der Waals surface area contributed by atoms with Gasteiger partial charge in [-0.15, -0.1) is 0 Å². The third-order valence-corrected chi connectivity index (χ3v) is 14.4. The molecule has 78 heavy (non-hydrogen) atoms. The molecule has 2 aromatic carbocycles. The Kier molecular flexibility index (Phi) is 29.9. The third-order valence-electron chi connectivity index (χ3n) is 14.4. The maximum Gasteiger partial charge on any atom is 0.326 e. The van der Waals surface area contributed by atoms with Crippen LogP contribution < -0.4 is 54.0 Å². The van der Waals surface area contributed by atoms with E-state index in [1.807, 2.05) is 34.6 Å². The van der Waals surface area contributed by atoms with Gasteiger partial charge in [-0.2, -0.15) is 0 Å². The smallest absolute Gasteiger partial charge is 0.326 e. The lowest BCUT2D eigenvalue weighted by Gasteiger charge is -2.31. The molecule has 20 heteroatoms. The molecule has 0 unspecified atom stereocenters. The molecule has 0 aliphatic carbocycles. The molecular weight excluding hydrogens is 997 g/mol. The third kappa shape index (κ3) is 22.5. The van der Waals surface area contributed by atoms with Crippen LogP contribution in [0, 0.1) is 35.5 Å². The predicted molar refractivity (Wildman–Crippen MR) is 302 cm³/mol. The molecule has 0 spiro atoms. The number of nitrogens with one attached hydrogen (secondary N) is 8. The highest BCUT2D eigenvalue weighted by Gasteiger charge is 2.38. The van der Waals surface area contributed by atoms with Crippen molar-refractivity contribution in [3.63, 3.8) is 0 Å². The van der Waals surface area contributed by atoms with Crippen LogP contribution in [0.4, 0.5) is 0 Å². The van der Waals surface area contributed by atoms with E-state index in [1.54, 1.807) is 109 Å². The summed E-state index contributed by atoms with van der Waals surface area (Å²) in [5, 5.41) is 32.3. The summed E-state index contributed by atoms with van der Waals surface area (Å²) in [5.74, 6) is -8.51. The normalized spacial score (nSPS) is 16.1. The van der Waals surface area contributed by atoms with E-state index in [2.05, 4.69) is 42.5 Å². The second-order valence-corrected chi connectivity index (χ2v) is 22.0. The van der Waals surface area contributed by atoms with E-state index >= 15 is 0 Å². The Morgan fingerprint density at radius 1 is 0.436 bits per heavy atom. The van der Waals surface area contributed by atoms with E-state index in [1.165, 1.54) is 0 Å². The van der Waals surface area contributed by atoms with Gasteiger partial charge in [0.1, 0.15) is 48.3 Å². The molecule has 13 N–H and O–H groups in total. The number of carbonyl (C=O) groups excluding carboxylic acids is 8. The Labute approximate surface area is 463 Å². The second kappa shape index (κ2) is 34.5. The number of carbonyl (C=O) groups is 9. The van der Waals surface area contributed by atoms with E-state index < -0.39 is 125 Å². The summed E-state index contributed by atoms with van der Waals surface area (Å²) in [7, 11) is 0. The van der Waals surface area contributed by atoms with Gasteiger partial charge in [-0.1, -0.05) is 163 Å². The lowest BCUT2D eigenvalue weighted by atomic mass is 9.95. The number of carboxylic acids is 1. The molecule has 20 nitrogen and oxygen atoms in total. The Bertz CT molecular complexity index is 2230.